The van der Waals surface area contributed by atoms with Crippen molar-refractivity contribution >= 4 is 15.8 Å². The first-order valence-electron chi connectivity index (χ1n) is 4.72. The molecule has 1 atom stereocenters. The van der Waals surface area contributed by atoms with E-state index in [-0.39, 0.29) is 12.2 Å². The van der Waals surface area contributed by atoms with Crippen molar-refractivity contribution in [2.24, 2.45) is 0 Å². The third-order valence-corrected chi connectivity index (χ3v) is 4.26. The van der Waals surface area contributed by atoms with E-state index in [2.05, 4.69) is 4.74 Å². The van der Waals surface area contributed by atoms with Crippen LogP contribution in [0, 0.1) is 0 Å². The zero-order chi connectivity index (χ0) is 12.1. The standard InChI is InChI=1S/C9H19NO4S/c1-8(7-9(11)14-4)15(12,13)6-5-10(2)3/h8H,5-7H2,1-4H3. The molecule has 0 aliphatic heterocycles. The fourth-order valence-corrected chi connectivity index (χ4v) is 2.37. The van der Waals surface area contributed by atoms with Gasteiger partial charge in [0.25, 0.3) is 0 Å². The van der Waals surface area contributed by atoms with E-state index in [1.807, 2.05) is 0 Å². The number of sulfone groups is 1. The molecule has 0 bridgehead atoms. The molecule has 0 spiro atoms. The number of carbonyl (C=O) groups excluding carboxylic acids is 1. The van der Waals surface area contributed by atoms with Gasteiger partial charge in [-0.1, -0.05) is 0 Å². The quantitative estimate of drug-likeness (QED) is 0.604. The largest absolute Gasteiger partial charge is 0.469 e. The van der Waals surface area contributed by atoms with E-state index in [0.29, 0.717) is 6.54 Å². The summed E-state index contributed by atoms with van der Waals surface area (Å²) in [6.45, 7) is 2.00. The van der Waals surface area contributed by atoms with Crippen LogP contribution in [0.15, 0.2) is 0 Å². The van der Waals surface area contributed by atoms with Gasteiger partial charge in [-0.3, -0.25) is 4.79 Å². The van der Waals surface area contributed by atoms with Crippen LogP contribution in [0.25, 0.3) is 0 Å². The third kappa shape index (κ3) is 5.74. The lowest BCUT2D eigenvalue weighted by Gasteiger charge is -2.14. The van der Waals surface area contributed by atoms with Crippen molar-refractivity contribution in [2.75, 3.05) is 33.5 Å². The molecule has 0 aromatic rings. The maximum atomic E-state index is 11.7. The predicted octanol–water partition coefficient (Wildman–Crippen LogP) is -0.0856. The van der Waals surface area contributed by atoms with Crippen LogP contribution in [0.1, 0.15) is 13.3 Å². The normalized spacial score (nSPS) is 13.9. The van der Waals surface area contributed by atoms with Gasteiger partial charge in [0.2, 0.25) is 0 Å². The van der Waals surface area contributed by atoms with E-state index in [0.717, 1.165) is 0 Å². The summed E-state index contributed by atoms with van der Waals surface area (Å²) >= 11 is 0. The molecular formula is C9H19NO4S. The van der Waals surface area contributed by atoms with Gasteiger partial charge in [0.05, 0.1) is 24.5 Å². The molecule has 1 unspecified atom stereocenters. The van der Waals surface area contributed by atoms with Gasteiger partial charge in [-0.05, 0) is 21.0 Å². The average molecular weight is 237 g/mol. The van der Waals surface area contributed by atoms with E-state index in [4.69, 9.17) is 0 Å². The lowest BCUT2D eigenvalue weighted by Crippen LogP contribution is -2.29. The van der Waals surface area contributed by atoms with Gasteiger partial charge in [-0.25, -0.2) is 8.42 Å². The number of methoxy groups -OCH3 is 1. The summed E-state index contributed by atoms with van der Waals surface area (Å²) in [5, 5.41) is -0.676. The Morgan fingerprint density at radius 3 is 2.33 bits per heavy atom. The average Bonchev–Trinajstić information content (AvgIpc) is 2.14. The van der Waals surface area contributed by atoms with Gasteiger partial charge >= 0.3 is 5.97 Å². The topological polar surface area (TPSA) is 63.7 Å². The molecule has 0 amide bonds. The molecule has 90 valence electrons. The first-order chi connectivity index (χ1) is 6.79. The Balaban J connectivity index is 4.27. The lowest BCUT2D eigenvalue weighted by atomic mass is 10.3. The Bertz CT molecular complexity index is 297. The zero-order valence-corrected chi connectivity index (χ0v) is 10.5. The first-order valence-corrected chi connectivity index (χ1v) is 6.44. The molecule has 0 aromatic heterocycles. The fraction of sp³-hybridized carbons (Fsp3) is 0.889. The van der Waals surface area contributed by atoms with Crippen molar-refractivity contribution in [3.05, 3.63) is 0 Å². The minimum absolute atomic E-state index is 0.0676. The summed E-state index contributed by atoms with van der Waals surface area (Å²) in [5.41, 5.74) is 0. The maximum Gasteiger partial charge on any atom is 0.306 e. The Morgan fingerprint density at radius 2 is 1.93 bits per heavy atom. The lowest BCUT2D eigenvalue weighted by molar-refractivity contribution is -0.140. The molecule has 0 rings (SSSR count). The van der Waals surface area contributed by atoms with Crippen LogP contribution < -0.4 is 0 Å². The Hall–Kier alpha value is -0.620. The highest BCUT2D eigenvalue weighted by Gasteiger charge is 2.23. The summed E-state index contributed by atoms with van der Waals surface area (Å²) in [6, 6.07) is 0. The highest BCUT2D eigenvalue weighted by Crippen LogP contribution is 2.07. The molecule has 0 aliphatic rings. The van der Waals surface area contributed by atoms with Crippen LogP contribution >= 0.6 is 0 Å². The maximum absolute atomic E-state index is 11.7. The summed E-state index contributed by atoms with van der Waals surface area (Å²) in [4.78, 5) is 12.7. The van der Waals surface area contributed by atoms with Crippen LogP contribution in [0.4, 0.5) is 0 Å². The third-order valence-electron chi connectivity index (χ3n) is 2.12. The molecule has 15 heavy (non-hydrogen) atoms. The highest BCUT2D eigenvalue weighted by molar-refractivity contribution is 7.92. The van der Waals surface area contributed by atoms with Gasteiger partial charge in [0.1, 0.15) is 0 Å². The van der Waals surface area contributed by atoms with Crippen molar-refractivity contribution in [1.29, 1.82) is 0 Å². The molecule has 0 N–H and O–H groups in total. The van der Waals surface area contributed by atoms with Crippen molar-refractivity contribution < 1.29 is 17.9 Å². The number of esters is 1. The van der Waals surface area contributed by atoms with Gasteiger partial charge in [0.15, 0.2) is 9.84 Å². The van der Waals surface area contributed by atoms with Crippen molar-refractivity contribution in [3.8, 4) is 0 Å². The smallest absolute Gasteiger partial charge is 0.306 e. The summed E-state index contributed by atoms with van der Waals surface area (Å²) in [5.74, 6) is -0.422. The molecule has 0 saturated carbocycles. The van der Waals surface area contributed by atoms with E-state index < -0.39 is 21.1 Å². The van der Waals surface area contributed by atoms with Gasteiger partial charge in [-0.15, -0.1) is 0 Å². The molecular weight excluding hydrogens is 218 g/mol. The number of hydrogen-bond acceptors (Lipinski definition) is 5. The number of ether oxygens (including phenoxy) is 1. The van der Waals surface area contributed by atoms with E-state index in [1.165, 1.54) is 14.0 Å². The van der Waals surface area contributed by atoms with E-state index in [9.17, 15) is 13.2 Å². The summed E-state index contributed by atoms with van der Waals surface area (Å²) in [7, 11) is 1.66. The van der Waals surface area contributed by atoms with Gasteiger partial charge < -0.3 is 9.64 Å². The first kappa shape index (κ1) is 14.4. The van der Waals surface area contributed by atoms with Gasteiger partial charge in [-0.2, -0.15) is 0 Å². The summed E-state index contributed by atoms with van der Waals surface area (Å²) < 4.78 is 27.7. The van der Waals surface area contributed by atoms with Crippen molar-refractivity contribution in [2.45, 2.75) is 18.6 Å². The minimum Gasteiger partial charge on any atom is -0.469 e. The minimum atomic E-state index is -3.20. The number of rotatable bonds is 6. The van der Waals surface area contributed by atoms with Crippen LogP contribution in [-0.4, -0.2) is 58.0 Å². The second-order valence-electron chi connectivity index (χ2n) is 3.76. The Kier molecular flexibility index (Phi) is 5.82. The van der Waals surface area contributed by atoms with Crippen LogP contribution in [0.5, 0.6) is 0 Å². The van der Waals surface area contributed by atoms with Crippen LogP contribution in [-0.2, 0) is 19.4 Å². The molecule has 5 nitrogen and oxygen atoms in total. The molecule has 0 aliphatic carbocycles. The molecule has 6 heteroatoms. The SMILES string of the molecule is COC(=O)CC(C)S(=O)(=O)CCN(C)C. The molecule has 0 radical (unpaired) electrons. The van der Waals surface area contributed by atoms with Crippen molar-refractivity contribution in [1.82, 2.24) is 4.90 Å². The fourth-order valence-electron chi connectivity index (χ4n) is 0.956. The number of hydrogen-bond donors (Lipinski definition) is 0. The Labute approximate surface area is 91.3 Å². The molecule has 0 heterocycles. The number of nitrogens with zero attached hydrogens (tertiary/aromatic N) is 1. The second-order valence-corrected chi connectivity index (χ2v) is 6.30. The monoisotopic (exact) mass is 237 g/mol. The Morgan fingerprint density at radius 1 is 1.40 bits per heavy atom. The van der Waals surface area contributed by atoms with E-state index in [1.54, 1.807) is 19.0 Å². The number of carbonyl (C=O) groups is 1. The highest BCUT2D eigenvalue weighted by atomic mass is 32.2. The van der Waals surface area contributed by atoms with E-state index >= 15 is 0 Å². The molecule has 0 saturated heterocycles. The van der Waals surface area contributed by atoms with Gasteiger partial charge in [0, 0.05) is 6.54 Å². The molecule has 0 aromatic carbocycles. The molecule has 0 fully saturated rings. The summed E-state index contributed by atoms with van der Waals surface area (Å²) in [6.07, 6.45) is -0.0771. The van der Waals surface area contributed by atoms with Crippen molar-refractivity contribution in [3.63, 3.8) is 0 Å². The zero-order valence-electron chi connectivity index (χ0n) is 9.69. The second kappa shape index (κ2) is 6.07. The predicted molar refractivity (Wildman–Crippen MR) is 58.4 cm³/mol. The van der Waals surface area contributed by atoms with Crippen LogP contribution in [0.2, 0.25) is 0 Å². The van der Waals surface area contributed by atoms with Crippen LogP contribution in [0.3, 0.4) is 0 Å².